The van der Waals surface area contributed by atoms with Gasteiger partial charge < -0.3 is 4.90 Å². The maximum atomic E-state index is 12.7. The topological polar surface area (TPSA) is 55.2 Å². The molecule has 0 aliphatic rings. The number of benzene rings is 1. The second-order valence-electron chi connectivity index (χ2n) is 5.38. The first-order valence-electron chi connectivity index (χ1n) is 8.08. The Bertz CT molecular complexity index is 802. The molecule has 0 N–H and O–H groups in total. The number of hydrogen-bond acceptors (Lipinski definition) is 4. The van der Waals surface area contributed by atoms with Crippen molar-refractivity contribution in [3.63, 3.8) is 0 Å². The molecule has 0 spiro atoms. The van der Waals surface area contributed by atoms with Crippen LogP contribution in [0.3, 0.4) is 0 Å². The van der Waals surface area contributed by atoms with Crippen LogP contribution in [0.2, 0.25) is 0 Å². The van der Waals surface area contributed by atoms with Crippen molar-refractivity contribution in [3.8, 4) is 0 Å². The molecule has 1 heterocycles. The smallest absolute Gasteiger partial charge is 0.262 e. The van der Waals surface area contributed by atoms with E-state index >= 15 is 0 Å². The first-order valence-corrected chi connectivity index (χ1v) is 10.0. The lowest BCUT2D eigenvalue weighted by atomic mass is 10.2. The molecule has 0 aliphatic heterocycles. The van der Waals surface area contributed by atoms with Crippen LogP contribution < -0.4 is 5.56 Å². The maximum Gasteiger partial charge on any atom is 0.262 e. The van der Waals surface area contributed by atoms with E-state index in [1.165, 1.54) is 11.8 Å². The van der Waals surface area contributed by atoms with Crippen LogP contribution in [0.5, 0.6) is 0 Å². The van der Waals surface area contributed by atoms with E-state index in [9.17, 15) is 9.59 Å². The average molecular weight is 459 g/mol. The van der Waals surface area contributed by atoms with Crippen molar-refractivity contribution >= 4 is 51.2 Å². The fourth-order valence-electron chi connectivity index (χ4n) is 2.54. The first kappa shape index (κ1) is 19.2. The van der Waals surface area contributed by atoms with Gasteiger partial charge in [0.15, 0.2) is 5.16 Å². The summed E-state index contributed by atoms with van der Waals surface area (Å²) < 4.78 is 2.65. The minimum atomic E-state index is -0.282. The van der Waals surface area contributed by atoms with Crippen LogP contribution in [0.4, 0.5) is 0 Å². The quantitative estimate of drug-likeness (QED) is 0.378. The molecule has 0 unspecified atom stereocenters. The molecule has 0 aliphatic carbocycles. The third-order valence-electron chi connectivity index (χ3n) is 3.90. The molecule has 0 fully saturated rings. The van der Waals surface area contributed by atoms with Gasteiger partial charge in [-0.3, -0.25) is 14.2 Å². The zero-order valence-electron chi connectivity index (χ0n) is 14.4. The zero-order chi connectivity index (χ0) is 17.9. The van der Waals surface area contributed by atoms with Gasteiger partial charge >= 0.3 is 0 Å². The van der Waals surface area contributed by atoms with Crippen molar-refractivity contribution in [3.05, 3.63) is 32.1 Å². The lowest BCUT2D eigenvalue weighted by Crippen LogP contribution is -2.36. The molecule has 1 aromatic heterocycles. The summed E-state index contributed by atoms with van der Waals surface area (Å²) in [5.41, 5.74) is 0.626. The van der Waals surface area contributed by atoms with Crippen LogP contribution in [0.1, 0.15) is 27.7 Å². The molecule has 2 aromatic rings. The molecular weight excluding hydrogens is 437 g/mol. The number of aromatic nitrogens is 2. The van der Waals surface area contributed by atoms with Crippen molar-refractivity contribution in [1.29, 1.82) is 0 Å². The molecule has 7 heteroatoms. The summed E-state index contributed by atoms with van der Waals surface area (Å²) in [6.45, 7) is 9.63. The fraction of sp³-hybridized carbons (Fsp3) is 0.471. The van der Waals surface area contributed by atoms with Crippen LogP contribution in [-0.2, 0) is 11.3 Å². The van der Waals surface area contributed by atoms with Crippen molar-refractivity contribution in [2.24, 2.45) is 0 Å². The summed E-state index contributed by atoms with van der Waals surface area (Å²) >= 11 is 3.54. The standard InChI is InChI=1S/C17H22IN3O2S/c1-5-20(6-2)15(22)11(4)24-17-19-14-9-8-12(18)10-13(14)16(23)21(17)7-3/h8-11H,5-7H2,1-4H3/t11-/m0/s1. The second kappa shape index (κ2) is 8.33. The molecule has 24 heavy (non-hydrogen) atoms. The number of fused-ring (bicyclic) bond motifs is 1. The second-order valence-corrected chi connectivity index (χ2v) is 7.93. The number of rotatable bonds is 6. The van der Waals surface area contributed by atoms with Gasteiger partial charge in [-0.1, -0.05) is 11.8 Å². The molecule has 0 saturated carbocycles. The predicted octanol–water partition coefficient (Wildman–Crippen LogP) is 3.37. The molecular formula is C17H22IN3O2S. The summed E-state index contributed by atoms with van der Waals surface area (Å²) in [5, 5.41) is 0.941. The van der Waals surface area contributed by atoms with Crippen molar-refractivity contribution in [1.82, 2.24) is 14.5 Å². The molecule has 2 rings (SSSR count). The van der Waals surface area contributed by atoms with E-state index in [2.05, 4.69) is 27.6 Å². The Morgan fingerprint density at radius 3 is 2.58 bits per heavy atom. The molecule has 1 aromatic carbocycles. The Morgan fingerprint density at radius 1 is 1.33 bits per heavy atom. The van der Waals surface area contributed by atoms with Gasteiger partial charge in [0.2, 0.25) is 5.91 Å². The summed E-state index contributed by atoms with van der Waals surface area (Å²) in [4.78, 5) is 31.7. The number of hydrogen-bond donors (Lipinski definition) is 0. The normalized spacial score (nSPS) is 12.4. The molecule has 0 radical (unpaired) electrons. The highest BCUT2D eigenvalue weighted by Crippen LogP contribution is 2.24. The fourth-order valence-corrected chi connectivity index (χ4v) is 4.09. The number of carbonyl (C=O) groups is 1. The summed E-state index contributed by atoms with van der Waals surface area (Å²) in [7, 11) is 0. The first-order chi connectivity index (χ1) is 11.4. The molecule has 0 saturated heterocycles. The highest BCUT2D eigenvalue weighted by Gasteiger charge is 2.22. The Hall–Kier alpha value is -1.09. The number of carbonyl (C=O) groups excluding carboxylic acids is 1. The van der Waals surface area contributed by atoms with E-state index in [0.717, 1.165) is 3.57 Å². The van der Waals surface area contributed by atoms with Crippen molar-refractivity contribution in [2.45, 2.75) is 44.6 Å². The van der Waals surface area contributed by atoms with E-state index in [4.69, 9.17) is 0 Å². The summed E-state index contributed by atoms with van der Waals surface area (Å²) in [6.07, 6.45) is 0. The monoisotopic (exact) mass is 459 g/mol. The SMILES string of the molecule is CCN(CC)C(=O)[C@H](C)Sc1nc2ccc(I)cc2c(=O)n1CC. The van der Waals surface area contributed by atoms with Crippen molar-refractivity contribution < 1.29 is 4.79 Å². The van der Waals surface area contributed by atoms with Gasteiger partial charge in [-0.15, -0.1) is 0 Å². The zero-order valence-corrected chi connectivity index (χ0v) is 17.3. The van der Waals surface area contributed by atoms with Crippen LogP contribution in [-0.4, -0.2) is 38.7 Å². The van der Waals surface area contributed by atoms with Crippen molar-refractivity contribution in [2.75, 3.05) is 13.1 Å². The van der Waals surface area contributed by atoms with E-state index in [1.54, 1.807) is 9.47 Å². The summed E-state index contributed by atoms with van der Waals surface area (Å²) in [5.74, 6) is 0.0737. The molecule has 130 valence electrons. The number of nitrogens with zero attached hydrogens (tertiary/aromatic N) is 3. The lowest BCUT2D eigenvalue weighted by Gasteiger charge is -2.23. The highest BCUT2D eigenvalue weighted by molar-refractivity contribution is 14.1. The minimum Gasteiger partial charge on any atom is -0.342 e. The van der Waals surface area contributed by atoms with Gasteiger partial charge in [-0.2, -0.15) is 0 Å². The third kappa shape index (κ3) is 3.93. The Morgan fingerprint density at radius 2 is 2.00 bits per heavy atom. The predicted molar refractivity (Wildman–Crippen MR) is 108 cm³/mol. The maximum absolute atomic E-state index is 12.7. The minimum absolute atomic E-state index is 0.0500. The van der Waals surface area contributed by atoms with E-state index in [0.29, 0.717) is 35.7 Å². The van der Waals surface area contributed by atoms with Crippen LogP contribution in [0.15, 0.2) is 28.2 Å². The number of halogens is 1. The Labute approximate surface area is 160 Å². The average Bonchev–Trinajstić information content (AvgIpc) is 2.57. The van der Waals surface area contributed by atoms with E-state index in [1.807, 2.05) is 45.9 Å². The summed E-state index contributed by atoms with van der Waals surface area (Å²) in [6, 6.07) is 5.65. The molecule has 0 bridgehead atoms. The lowest BCUT2D eigenvalue weighted by molar-refractivity contribution is -0.129. The number of thioether (sulfide) groups is 1. The largest absolute Gasteiger partial charge is 0.342 e. The van der Waals surface area contributed by atoms with Gasteiger partial charge in [0.1, 0.15) is 0 Å². The van der Waals surface area contributed by atoms with Gasteiger partial charge in [0, 0.05) is 23.2 Å². The van der Waals surface area contributed by atoms with Gasteiger partial charge in [-0.05, 0) is 68.5 Å². The van der Waals surface area contributed by atoms with Crippen LogP contribution in [0.25, 0.3) is 10.9 Å². The number of amides is 1. The highest BCUT2D eigenvalue weighted by atomic mass is 127. The van der Waals surface area contributed by atoms with Crippen LogP contribution in [0, 0.1) is 3.57 Å². The van der Waals surface area contributed by atoms with Gasteiger partial charge in [0.05, 0.1) is 16.2 Å². The molecule has 1 atom stereocenters. The van der Waals surface area contributed by atoms with Crippen LogP contribution >= 0.6 is 34.4 Å². The van der Waals surface area contributed by atoms with E-state index in [-0.39, 0.29) is 16.7 Å². The van der Waals surface area contributed by atoms with Gasteiger partial charge in [0.25, 0.3) is 5.56 Å². The van der Waals surface area contributed by atoms with E-state index < -0.39 is 0 Å². The third-order valence-corrected chi connectivity index (χ3v) is 5.65. The molecule has 1 amide bonds. The van der Waals surface area contributed by atoms with Gasteiger partial charge in [-0.25, -0.2) is 4.98 Å². The Kier molecular flexibility index (Phi) is 6.68. The molecule has 5 nitrogen and oxygen atoms in total. The Balaban J connectivity index is 2.43.